The first-order chi connectivity index (χ1) is 8.70. The number of hydrogen-bond donors (Lipinski definition) is 1. The highest BCUT2D eigenvalue weighted by Crippen LogP contribution is 2.40. The van der Waals surface area contributed by atoms with Gasteiger partial charge in [0.05, 0.1) is 0 Å². The summed E-state index contributed by atoms with van der Waals surface area (Å²) in [6, 6.07) is 5.18. The normalized spacial score (nSPS) is 16.1. The topological polar surface area (TPSA) is 56.8 Å². The van der Waals surface area contributed by atoms with Gasteiger partial charge < -0.3 is 19.5 Å². The van der Waals surface area contributed by atoms with Crippen molar-refractivity contribution in [3.63, 3.8) is 0 Å². The fourth-order valence-corrected chi connectivity index (χ4v) is 1.40. The smallest absolute Gasteiger partial charge is 0.412 e. The molecule has 100 valence electrons. The quantitative estimate of drug-likeness (QED) is 0.835. The molecule has 0 aliphatic carbocycles. The van der Waals surface area contributed by atoms with Crippen molar-refractivity contribution in [2.75, 3.05) is 13.7 Å². The van der Waals surface area contributed by atoms with Gasteiger partial charge in [-0.2, -0.15) is 0 Å². The number of rotatable bonds is 1. The van der Waals surface area contributed by atoms with E-state index in [2.05, 4.69) is 5.32 Å². The van der Waals surface area contributed by atoms with Crippen molar-refractivity contribution in [2.45, 2.75) is 26.9 Å². The Bertz CT molecular complexity index is 406. The molecule has 1 unspecified atom stereocenters. The maximum absolute atomic E-state index is 11.1. The summed E-state index contributed by atoms with van der Waals surface area (Å²) in [6.45, 7) is 6.38. The predicted octanol–water partition coefficient (Wildman–Crippen LogP) is 2.59. The van der Waals surface area contributed by atoms with Gasteiger partial charge in [-0.1, -0.05) is 19.9 Å². The highest BCUT2D eigenvalue weighted by atomic mass is 16.6. The molecule has 1 amide bonds. The zero-order valence-corrected chi connectivity index (χ0v) is 11.1. The molecule has 1 aliphatic rings. The van der Waals surface area contributed by atoms with E-state index in [-0.39, 0.29) is 6.10 Å². The summed E-state index contributed by atoms with van der Waals surface area (Å²) in [7, 11) is 1.50. The van der Waals surface area contributed by atoms with Crippen LogP contribution in [-0.4, -0.2) is 25.9 Å². The van der Waals surface area contributed by atoms with Crippen molar-refractivity contribution in [3.8, 4) is 17.2 Å². The Kier molecular flexibility index (Phi) is 5.30. The van der Waals surface area contributed by atoms with Crippen molar-refractivity contribution < 1.29 is 19.0 Å². The average molecular weight is 253 g/mol. The number of hydrogen-bond acceptors (Lipinski definition) is 4. The average Bonchev–Trinajstić information content (AvgIpc) is 2.41. The van der Waals surface area contributed by atoms with E-state index in [0.29, 0.717) is 23.9 Å². The molecule has 2 rings (SSSR count). The number of benzene rings is 1. The molecule has 1 heterocycles. The Hall–Kier alpha value is -1.91. The largest absolute Gasteiger partial charge is 0.486 e. The molecule has 5 heteroatoms. The molecule has 1 aromatic rings. The molecule has 0 fully saturated rings. The van der Waals surface area contributed by atoms with Gasteiger partial charge in [-0.25, -0.2) is 4.79 Å². The van der Waals surface area contributed by atoms with Crippen molar-refractivity contribution in [1.82, 2.24) is 5.32 Å². The standard InChI is InChI=1S/C11H13NO4.C2H6/c1-7-6-14-8-4-3-5-9(10(8)15-7)16-11(13)12-2;1-2/h3-5,7H,6H2,1-2H3,(H,12,13);1-2H3. The number of ether oxygens (including phenoxy) is 3. The molecular formula is C13H19NO4. The van der Waals surface area contributed by atoms with Crippen LogP contribution in [0.5, 0.6) is 17.2 Å². The van der Waals surface area contributed by atoms with Gasteiger partial charge >= 0.3 is 6.09 Å². The summed E-state index contributed by atoms with van der Waals surface area (Å²) < 4.78 is 16.1. The van der Waals surface area contributed by atoms with Crippen molar-refractivity contribution >= 4 is 6.09 Å². The van der Waals surface area contributed by atoms with E-state index < -0.39 is 6.09 Å². The second-order valence-corrected chi connectivity index (χ2v) is 3.46. The monoisotopic (exact) mass is 253 g/mol. The molecule has 18 heavy (non-hydrogen) atoms. The highest BCUT2D eigenvalue weighted by molar-refractivity contribution is 5.71. The minimum Gasteiger partial charge on any atom is -0.486 e. The Morgan fingerprint density at radius 1 is 1.44 bits per heavy atom. The summed E-state index contributed by atoms with van der Waals surface area (Å²) in [5.74, 6) is 1.44. The molecular weight excluding hydrogens is 234 g/mol. The molecule has 1 N–H and O–H groups in total. The number of para-hydroxylation sites is 1. The third kappa shape index (κ3) is 3.29. The van der Waals surface area contributed by atoms with E-state index in [1.165, 1.54) is 7.05 Å². The van der Waals surface area contributed by atoms with Crippen LogP contribution in [0.1, 0.15) is 20.8 Å². The number of fused-ring (bicyclic) bond motifs is 1. The molecule has 0 radical (unpaired) electrons. The van der Waals surface area contributed by atoms with Gasteiger partial charge in [-0.3, -0.25) is 0 Å². The lowest BCUT2D eigenvalue weighted by atomic mass is 10.2. The van der Waals surface area contributed by atoms with Crippen LogP contribution in [0, 0.1) is 0 Å². The van der Waals surface area contributed by atoms with Crippen molar-refractivity contribution in [2.24, 2.45) is 0 Å². The zero-order valence-electron chi connectivity index (χ0n) is 11.1. The first-order valence-corrected chi connectivity index (χ1v) is 6.02. The Morgan fingerprint density at radius 2 is 2.17 bits per heavy atom. The first-order valence-electron chi connectivity index (χ1n) is 6.02. The van der Waals surface area contributed by atoms with Crippen molar-refractivity contribution in [3.05, 3.63) is 18.2 Å². The minimum absolute atomic E-state index is 0.0538. The van der Waals surface area contributed by atoms with Gasteiger partial charge in [0.25, 0.3) is 0 Å². The van der Waals surface area contributed by atoms with Gasteiger partial charge in [0.1, 0.15) is 12.7 Å². The summed E-state index contributed by atoms with van der Waals surface area (Å²) in [6.07, 6.45) is -0.586. The number of amides is 1. The number of carbonyl (C=O) groups excluding carboxylic acids is 1. The number of nitrogens with one attached hydrogen (secondary N) is 1. The van der Waals surface area contributed by atoms with E-state index in [4.69, 9.17) is 14.2 Å². The third-order valence-corrected chi connectivity index (χ3v) is 2.14. The van der Waals surface area contributed by atoms with Crippen LogP contribution in [0.3, 0.4) is 0 Å². The third-order valence-electron chi connectivity index (χ3n) is 2.14. The Morgan fingerprint density at radius 3 is 2.83 bits per heavy atom. The van der Waals surface area contributed by atoms with E-state index in [0.717, 1.165) is 0 Å². The molecule has 0 bridgehead atoms. The van der Waals surface area contributed by atoms with Crippen molar-refractivity contribution in [1.29, 1.82) is 0 Å². The highest BCUT2D eigenvalue weighted by Gasteiger charge is 2.22. The second kappa shape index (κ2) is 6.74. The van der Waals surface area contributed by atoms with Gasteiger partial charge in [-0.05, 0) is 19.1 Å². The van der Waals surface area contributed by atoms with Gasteiger partial charge in [0, 0.05) is 7.05 Å². The van der Waals surface area contributed by atoms with E-state index in [1.807, 2.05) is 20.8 Å². The zero-order chi connectivity index (χ0) is 13.5. The SMILES string of the molecule is CC.CNC(=O)Oc1cccc2c1OC(C)CO2. The minimum atomic E-state index is -0.532. The van der Waals surface area contributed by atoms with Crippen LogP contribution in [0.4, 0.5) is 4.79 Å². The summed E-state index contributed by atoms with van der Waals surface area (Å²) in [5.41, 5.74) is 0. The van der Waals surface area contributed by atoms with E-state index >= 15 is 0 Å². The molecule has 1 aromatic carbocycles. The van der Waals surface area contributed by atoms with Gasteiger partial charge in [0.15, 0.2) is 11.5 Å². The first kappa shape index (κ1) is 14.2. The van der Waals surface area contributed by atoms with Crippen LogP contribution < -0.4 is 19.5 Å². The molecule has 0 saturated carbocycles. The molecule has 0 spiro atoms. The van der Waals surface area contributed by atoms with E-state index in [9.17, 15) is 4.79 Å². The van der Waals surface area contributed by atoms with Crippen LogP contribution in [0.15, 0.2) is 18.2 Å². The molecule has 1 aliphatic heterocycles. The summed E-state index contributed by atoms with van der Waals surface area (Å²) in [5, 5.41) is 2.37. The lowest BCUT2D eigenvalue weighted by Crippen LogP contribution is -2.27. The maximum Gasteiger partial charge on any atom is 0.412 e. The van der Waals surface area contributed by atoms with E-state index in [1.54, 1.807) is 18.2 Å². The van der Waals surface area contributed by atoms with Crippen LogP contribution >= 0.6 is 0 Å². The summed E-state index contributed by atoms with van der Waals surface area (Å²) >= 11 is 0. The predicted molar refractivity (Wildman–Crippen MR) is 68.5 cm³/mol. The van der Waals surface area contributed by atoms with Gasteiger partial charge in [0.2, 0.25) is 5.75 Å². The van der Waals surface area contributed by atoms with Crippen LogP contribution in [0.2, 0.25) is 0 Å². The van der Waals surface area contributed by atoms with Crippen LogP contribution in [0.25, 0.3) is 0 Å². The Labute approximate surface area is 107 Å². The van der Waals surface area contributed by atoms with Gasteiger partial charge in [-0.15, -0.1) is 0 Å². The lowest BCUT2D eigenvalue weighted by molar-refractivity contribution is 0.0995. The number of carbonyl (C=O) groups is 1. The summed E-state index contributed by atoms with van der Waals surface area (Å²) in [4.78, 5) is 11.1. The fourth-order valence-electron chi connectivity index (χ4n) is 1.40. The lowest BCUT2D eigenvalue weighted by Gasteiger charge is -2.25. The Balaban J connectivity index is 0.000000771. The van der Waals surface area contributed by atoms with Crippen LogP contribution in [-0.2, 0) is 0 Å². The fraction of sp³-hybridized carbons (Fsp3) is 0.462. The molecule has 1 atom stereocenters. The second-order valence-electron chi connectivity index (χ2n) is 3.46. The molecule has 0 saturated heterocycles. The maximum atomic E-state index is 11.1. The molecule has 5 nitrogen and oxygen atoms in total. The molecule has 0 aromatic heterocycles.